The van der Waals surface area contributed by atoms with Gasteiger partial charge in [-0.2, -0.15) is 0 Å². The van der Waals surface area contributed by atoms with Crippen LogP contribution in [0.4, 0.5) is 11.5 Å². The van der Waals surface area contributed by atoms with Gasteiger partial charge in [-0.1, -0.05) is 6.92 Å². The highest BCUT2D eigenvalue weighted by molar-refractivity contribution is 7.84. The first-order chi connectivity index (χ1) is 9.32. The first-order valence-electron chi connectivity index (χ1n) is 5.83. The van der Waals surface area contributed by atoms with Crippen LogP contribution < -0.4 is 11.1 Å². The average Bonchev–Trinajstić information content (AvgIpc) is 2.38. The van der Waals surface area contributed by atoms with Crippen molar-refractivity contribution in [3.05, 3.63) is 27.9 Å². The molecule has 1 amide bonds. The molecule has 0 saturated heterocycles. The minimum Gasteiger partial charge on any atom is -0.383 e. The Balaban J connectivity index is 2.70. The molecule has 2 unspecified atom stereocenters. The molecule has 0 aliphatic carbocycles. The van der Waals surface area contributed by atoms with Crippen molar-refractivity contribution in [1.82, 2.24) is 10.3 Å². The van der Waals surface area contributed by atoms with Crippen LogP contribution in [-0.2, 0) is 10.8 Å². The lowest BCUT2D eigenvalue weighted by molar-refractivity contribution is -0.385. The van der Waals surface area contributed by atoms with Crippen molar-refractivity contribution in [1.29, 1.82) is 0 Å². The van der Waals surface area contributed by atoms with Gasteiger partial charge in [-0.15, -0.1) is 0 Å². The number of nitrogen functional groups attached to an aromatic ring is 1. The van der Waals surface area contributed by atoms with Gasteiger partial charge in [0, 0.05) is 34.9 Å². The summed E-state index contributed by atoms with van der Waals surface area (Å²) in [6.45, 7) is 2.12. The van der Waals surface area contributed by atoms with Crippen LogP contribution >= 0.6 is 0 Å². The molecule has 110 valence electrons. The van der Waals surface area contributed by atoms with Gasteiger partial charge in [-0.25, -0.2) is 4.98 Å². The lowest BCUT2D eigenvalue weighted by atomic mass is 10.2. The van der Waals surface area contributed by atoms with Gasteiger partial charge in [0.05, 0.1) is 10.5 Å². The molecule has 1 aromatic heterocycles. The molecule has 1 heterocycles. The normalized spacial score (nSPS) is 13.5. The third-order valence-electron chi connectivity index (χ3n) is 2.76. The first-order valence-corrected chi connectivity index (χ1v) is 7.45. The SMILES string of the molecule is CC(CCNC(=O)c1cc([N+](=O)[O-])cnc1N)S(C)=O. The number of amides is 1. The van der Waals surface area contributed by atoms with E-state index in [1.165, 1.54) is 0 Å². The Morgan fingerprint density at radius 2 is 2.30 bits per heavy atom. The fourth-order valence-electron chi connectivity index (χ4n) is 1.40. The van der Waals surface area contributed by atoms with Crippen LogP contribution in [0.25, 0.3) is 0 Å². The average molecular weight is 300 g/mol. The zero-order valence-electron chi connectivity index (χ0n) is 11.2. The van der Waals surface area contributed by atoms with Crippen LogP contribution in [0, 0.1) is 10.1 Å². The number of carbonyl (C=O) groups excluding carboxylic acids is 1. The molecule has 0 spiro atoms. The Morgan fingerprint density at radius 3 is 2.85 bits per heavy atom. The molecule has 0 saturated carbocycles. The van der Waals surface area contributed by atoms with E-state index >= 15 is 0 Å². The van der Waals surface area contributed by atoms with Gasteiger partial charge in [0.2, 0.25) is 0 Å². The van der Waals surface area contributed by atoms with Crippen molar-refractivity contribution in [3.8, 4) is 0 Å². The third-order valence-corrected chi connectivity index (χ3v) is 4.13. The van der Waals surface area contributed by atoms with Gasteiger partial charge in [-0.05, 0) is 6.42 Å². The van der Waals surface area contributed by atoms with Gasteiger partial charge in [0.1, 0.15) is 12.0 Å². The van der Waals surface area contributed by atoms with Crippen molar-refractivity contribution < 1.29 is 13.9 Å². The fourth-order valence-corrected chi connectivity index (χ4v) is 1.85. The molecule has 2 atom stereocenters. The molecule has 0 fully saturated rings. The summed E-state index contributed by atoms with van der Waals surface area (Å²) in [4.78, 5) is 25.5. The van der Waals surface area contributed by atoms with Crippen LogP contribution in [0.2, 0.25) is 0 Å². The Kier molecular flexibility index (Phi) is 5.56. The molecule has 0 aromatic carbocycles. The van der Waals surface area contributed by atoms with Crippen LogP contribution in [-0.4, -0.2) is 38.1 Å². The summed E-state index contributed by atoms with van der Waals surface area (Å²) < 4.78 is 11.2. The summed E-state index contributed by atoms with van der Waals surface area (Å²) in [5, 5.41) is 13.2. The summed E-state index contributed by atoms with van der Waals surface area (Å²) in [5.41, 5.74) is 5.19. The van der Waals surface area contributed by atoms with E-state index in [0.717, 1.165) is 12.3 Å². The number of carbonyl (C=O) groups is 1. The zero-order chi connectivity index (χ0) is 15.3. The number of nitrogens with two attached hydrogens (primary N) is 1. The highest BCUT2D eigenvalue weighted by Crippen LogP contribution is 2.16. The van der Waals surface area contributed by atoms with Crippen LogP contribution in [0.3, 0.4) is 0 Å². The summed E-state index contributed by atoms with van der Waals surface area (Å²) in [7, 11) is -0.961. The molecule has 0 aliphatic rings. The van der Waals surface area contributed by atoms with Crippen LogP contribution in [0.1, 0.15) is 23.7 Å². The van der Waals surface area contributed by atoms with Gasteiger partial charge < -0.3 is 11.1 Å². The van der Waals surface area contributed by atoms with Crippen LogP contribution in [0.5, 0.6) is 0 Å². The quantitative estimate of drug-likeness (QED) is 0.580. The van der Waals surface area contributed by atoms with E-state index in [9.17, 15) is 19.1 Å². The van der Waals surface area contributed by atoms with E-state index in [2.05, 4.69) is 10.3 Å². The number of nitro groups is 1. The molecule has 0 bridgehead atoms. The van der Waals surface area contributed by atoms with Crippen LogP contribution in [0.15, 0.2) is 12.3 Å². The Labute approximate surface area is 118 Å². The van der Waals surface area contributed by atoms with Crippen molar-refractivity contribution >= 4 is 28.2 Å². The second-order valence-corrected chi connectivity index (χ2v) is 6.04. The molecule has 9 heteroatoms. The highest BCUT2D eigenvalue weighted by atomic mass is 32.2. The van der Waals surface area contributed by atoms with E-state index in [0.29, 0.717) is 13.0 Å². The lowest BCUT2D eigenvalue weighted by Gasteiger charge is -2.10. The molecule has 3 N–H and O–H groups in total. The predicted octanol–water partition coefficient (Wildman–Crippen LogP) is 0.459. The molecule has 0 radical (unpaired) electrons. The van der Waals surface area contributed by atoms with E-state index in [-0.39, 0.29) is 22.3 Å². The molecule has 8 nitrogen and oxygen atoms in total. The zero-order valence-corrected chi connectivity index (χ0v) is 12.0. The minimum absolute atomic E-state index is 0.0375. The molecule has 1 aromatic rings. The lowest BCUT2D eigenvalue weighted by Crippen LogP contribution is -2.28. The topological polar surface area (TPSA) is 128 Å². The summed E-state index contributed by atoms with van der Waals surface area (Å²) in [6.07, 6.45) is 3.13. The number of nitrogens with one attached hydrogen (secondary N) is 1. The molecule has 1 rings (SSSR count). The van der Waals surface area contributed by atoms with Crippen molar-refractivity contribution in [2.24, 2.45) is 0 Å². The first kappa shape index (κ1) is 16.0. The number of hydrogen-bond acceptors (Lipinski definition) is 6. The number of hydrogen-bond donors (Lipinski definition) is 2. The smallest absolute Gasteiger partial charge is 0.288 e. The Morgan fingerprint density at radius 1 is 1.65 bits per heavy atom. The number of anilines is 1. The van der Waals surface area contributed by atoms with Gasteiger partial charge in [0.25, 0.3) is 11.6 Å². The number of rotatable bonds is 6. The largest absolute Gasteiger partial charge is 0.383 e. The Hall–Kier alpha value is -2.03. The molecule has 20 heavy (non-hydrogen) atoms. The Bertz CT molecular complexity index is 549. The third kappa shape index (κ3) is 4.26. The maximum Gasteiger partial charge on any atom is 0.288 e. The van der Waals surface area contributed by atoms with E-state index in [1.54, 1.807) is 6.26 Å². The monoisotopic (exact) mass is 300 g/mol. The van der Waals surface area contributed by atoms with Gasteiger partial charge >= 0.3 is 0 Å². The summed E-state index contributed by atoms with van der Waals surface area (Å²) in [6, 6.07) is 1.08. The van der Waals surface area contributed by atoms with Crippen molar-refractivity contribution in [2.75, 3.05) is 18.5 Å². The maximum atomic E-state index is 11.9. The predicted molar refractivity (Wildman–Crippen MR) is 75.8 cm³/mol. The molecular weight excluding hydrogens is 284 g/mol. The van der Waals surface area contributed by atoms with Gasteiger partial charge in [-0.3, -0.25) is 19.1 Å². The standard InChI is InChI=1S/C11H16N4O4S/c1-7(20(2)19)3-4-13-11(16)9-5-8(15(17)18)6-14-10(9)12/h5-7H,3-4H2,1-2H3,(H2,12,14)(H,13,16). The van der Waals surface area contributed by atoms with Gasteiger partial charge in [0.15, 0.2) is 0 Å². The summed E-state index contributed by atoms with van der Waals surface area (Å²) in [5.74, 6) is -0.604. The number of aromatic nitrogens is 1. The van der Waals surface area contributed by atoms with Crippen molar-refractivity contribution in [2.45, 2.75) is 18.6 Å². The second kappa shape index (κ2) is 6.94. The molecule has 0 aliphatic heterocycles. The second-order valence-electron chi connectivity index (χ2n) is 4.24. The van der Waals surface area contributed by atoms with Crippen molar-refractivity contribution in [3.63, 3.8) is 0 Å². The molecular formula is C11H16N4O4S. The fraction of sp³-hybridized carbons (Fsp3) is 0.455. The highest BCUT2D eigenvalue weighted by Gasteiger charge is 2.16. The number of pyridine rings is 1. The summed E-state index contributed by atoms with van der Waals surface area (Å²) >= 11 is 0. The maximum absolute atomic E-state index is 11.9. The number of nitrogens with zero attached hydrogens (tertiary/aromatic N) is 2. The van der Waals surface area contributed by atoms with E-state index < -0.39 is 21.6 Å². The van der Waals surface area contributed by atoms with E-state index in [4.69, 9.17) is 5.73 Å². The van der Waals surface area contributed by atoms with E-state index in [1.807, 2.05) is 6.92 Å². The minimum atomic E-state index is -0.961.